The first-order chi connectivity index (χ1) is 13.2. The molecule has 1 fully saturated rings. The van der Waals surface area contributed by atoms with Crippen molar-refractivity contribution in [3.05, 3.63) is 12.2 Å². The van der Waals surface area contributed by atoms with Gasteiger partial charge in [-0.25, -0.2) is 0 Å². The molecule has 4 atom stereocenters. The van der Waals surface area contributed by atoms with Crippen molar-refractivity contribution in [2.75, 3.05) is 19.8 Å². The van der Waals surface area contributed by atoms with E-state index in [0.29, 0.717) is 6.61 Å². The van der Waals surface area contributed by atoms with Crippen molar-refractivity contribution in [2.24, 2.45) is 0 Å². The van der Waals surface area contributed by atoms with Crippen LogP contribution in [0.3, 0.4) is 0 Å². The predicted molar refractivity (Wildman–Crippen MR) is 109 cm³/mol. The molecule has 0 aromatic heterocycles. The Morgan fingerprint density at radius 3 is 2.19 bits per heavy atom. The summed E-state index contributed by atoms with van der Waals surface area (Å²) in [7, 11) is 0. The zero-order chi connectivity index (χ0) is 19.7. The molecule has 0 aromatic rings. The highest BCUT2D eigenvalue weighted by atomic mass is 16.6. The first kappa shape index (κ1) is 24.6. The fourth-order valence-electron chi connectivity index (χ4n) is 3.47. The Bertz CT molecular complexity index is 361. The molecular formula is C22H42O5. The molecule has 27 heavy (non-hydrogen) atoms. The number of allylic oxidation sites excluding steroid dienone is 2. The van der Waals surface area contributed by atoms with Crippen molar-refractivity contribution in [2.45, 2.75) is 108 Å². The van der Waals surface area contributed by atoms with Crippen LogP contribution in [0.2, 0.25) is 0 Å². The van der Waals surface area contributed by atoms with E-state index in [1.54, 1.807) is 0 Å². The summed E-state index contributed by atoms with van der Waals surface area (Å²) in [5.41, 5.74) is 0. The summed E-state index contributed by atoms with van der Waals surface area (Å²) in [5.74, 6) is 0. The maximum Gasteiger partial charge on any atom is 0.114 e. The molecule has 0 aromatic carbocycles. The third-order valence-corrected chi connectivity index (χ3v) is 5.20. The lowest BCUT2D eigenvalue weighted by molar-refractivity contribution is -0.0937. The number of aliphatic hydroxyl groups is 3. The van der Waals surface area contributed by atoms with Gasteiger partial charge in [0.25, 0.3) is 0 Å². The predicted octanol–water partition coefficient (Wildman–Crippen LogP) is 3.74. The van der Waals surface area contributed by atoms with Gasteiger partial charge >= 0.3 is 0 Å². The molecule has 1 rings (SSSR count). The highest BCUT2D eigenvalue weighted by Crippen LogP contribution is 2.21. The third-order valence-electron chi connectivity index (χ3n) is 5.20. The smallest absolute Gasteiger partial charge is 0.114 e. The summed E-state index contributed by atoms with van der Waals surface area (Å²) in [6.45, 7) is 2.55. The van der Waals surface area contributed by atoms with Crippen molar-refractivity contribution < 1.29 is 24.8 Å². The summed E-state index contributed by atoms with van der Waals surface area (Å²) in [6, 6.07) is 0. The van der Waals surface area contributed by atoms with E-state index in [0.717, 1.165) is 19.3 Å². The highest BCUT2D eigenvalue weighted by molar-refractivity contribution is 4.89. The van der Waals surface area contributed by atoms with E-state index in [1.165, 1.54) is 57.8 Å². The molecule has 1 heterocycles. The lowest BCUT2D eigenvalue weighted by atomic mass is 10.1. The largest absolute Gasteiger partial charge is 0.394 e. The van der Waals surface area contributed by atoms with Gasteiger partial charge in [-0.15, -0.1) is 0 Å². The van der Waals surface area contributed by atoms with Crippen LogP contribution < -0.4 is 0 Å². The van der Waals surface area contributed by atoms with Crippen LogP contribution in [0.25, 0.3) is 0 Å². The van der Waals surface area contributed by atoms with Gasteiger partial charge in [-0.1, -0.05) is 64.0 Å². The van der Waals surface area contributed by atoms with E-state index in [9.17, 15) is 10.2 Å². The molecule has 0 bridgehead atoms. The third kappa shape index (κ3) is 11.2. The zero-order valence-electron chi connectivity index (χ0n) is 17.2. The summed E-state index contributed by atoms with van der Waals surface area (Å²) in [5, 5.41) is 28.6. The minimum atomic E-state index is -1.01. The SMILES string of the molecule is CCCCCCCCCC/C=C/CCCCO[C@H]1[C@@H]([C@H](O)CO)OC[C@@H]1O. The maximum absolute atomic E-state index is 9.87. The van der Waals surface area contributed by atoms with Crippen LogP contribution in [0.5, 0.6) is 0 Å². The Morgan fingerprint density at radius 1 is 0.963 bits per heavy atom. The molecule has 5 nitrogen and oxygen atoms in total. The molecule has 0 amide bonds. The molecule has 0 unspecified atom stereocenters. The van der Waals surface area contributed by atoms with E-state index >= 15 is 0 Å². The second-order valence-electron chi connectivity index (χ2n) is 7.68. The molecule has 0 saturated carbocycles. The summed E-state index contributed by atoms with van der Waals surface area (Å²) in [4.78, 5) is 0. The molecule has 5 heteroatoms. The Balaban J connectivity index is 1.93. The van der Waals surface area contributed by atoms with E-state index in [-0.39, 0.29) is 13.2 Å². The van der Waals surface area contributed by atoms with Crippen LogP contribution in [-0.2, 0) is 9.47 Å². The number of unbranched alkanes of at least 4 members (excludes halogenated alkanes) is 10. The van der Waals surface area contributed by atoms with Crippen molar-refractivity contribution in [1.82, 2.24) is 0 Å². The number of rotatable bonds is 17. The lowest BCUT2D eigenvalue weighted by Gasteiger charge is -2.23. The Hall–Kier alpha value is -0.460. The first-order valence-electron chi connectivity index (χ1n) is 11.1. The highest BCUT2D eigenvalue weighted by Gasteiger charge is 2.40. The number of hydrogen-bond donors (Lipinski definition) is 3. The Labute approximate surface area is 165 Å². The fourth-order valence-corrected chi connectivity index (χ4v) is 3.47. The van der Waals surface area contributed by atoms with Gasteiger partial charge in [0, 0.05) is 6.61 Å². The number of ether oxygens (including phenoxy) is 2. The second kappa shape index (κ2) is 16.5. The topological polar surface area (TPSA) is 79.2 Å². The van der Waals surface area contributed by atoms with Gasteiger partial charge in [-0.2, -0.15) is 0 Å². The number of hydrogen-bond acceptors (Lipinski definition) is 5. The van der Waals surface area contributed by atoms with Crippen molar-refractivity contribution in [3.8, 4) is 0 Å². The molecule has 0 aliphatic carbocycles. The van der Waals surface area contributed by atoms with Gasteiger partial charge in [-0.3, -0.25) is 0 Å². The molecule has 1 saturated heterocycles. The van der Waals surface area contributed by atoms with E-state index in [1.807, 2.05) is 0 Å². The standard InChI is InChI=1S/C22H42O5/c1-2-3-4-5-6-7-8-9-10-11-12-13-14-15-16-26-22-20(25)18-27-21(22)19(24)17-23/h11-12,19-25H,2-10,13-18H2,1H3/b12-11+/t19-,20+,21-,22-/m1/s1. The summed E-state index contributed by atoms with van der Waals surface area (Å²) in [6.07, 6.45) is 16.7. The average Bonchev–Trinajstić information content (AvgIpc) is 3.04. The fraction of sp³-hybridized carbons (Fsp3) is 0.909. The van der Waals surface area contributed by atoms with Gasteiger partial charge in [0.1, 0.15) is 24.4 Å². The van der Waals surface area contributed by atoms with Gasteiger partial charge in [0.05, 0.1) is 13.2 Å². The van der Waals surface area contributed by atoms with Crippen molar-refractivity contribution >= 4 is 0 Å². The minimum Gasteiger partial charge on any atom is -0.394 e. The van der Waals surface area contributed by atoms with E-state index in [2.05, 4.69) is 19.1 Å². The van der Waals surface area contributed by atoms with E-state index in [4.69, 9.17) is 14.6 Å². The van der Waals surface area contributed by atoms with Crippen molar-refractivity contribution in [1.29, 1.82) is 0 Å². The minimum absolute atomic E-state index is 0.147. The molecule has 0 spiro atoms. The number of aliphatic hydroxyl groups excluding tert-OH is 3. The molecule has 1 aliphatic heterocycles. The van der Waals surface area contributed by atoms with Crippen LogP contribution in [0.4, 0.5) is 0 Å². The summed E-state index contributed by atoms with van der Waals surface area (Å²) >= 11 is 0. The Morgan fingerprint density at radius 2 is 1.56 bits per heavy atom. The van der Waals surface area contributed by atoms with Gasteiger partial charge in [0.15, 0.2) is 0 Å². The van der Waals surface area contributed by atoms with Crippen LogP contribution in [0.1, 0.15) is 84.0 Å². The quantitative estimate of drug-likeness (QED) is 0.262. The molecule has 3 N–H and O–H groups in total. The molecule has 1 aliphatic rings. The maximum atomic E-state index is 9.87. The van der Waals surface area contributed by atoms with Gasteiger partial charge in [0.2, 0.25) is 0 Å². The normalized spacial score (nSPS) is 24.1. The summed E-state index contributed by atoms with van der Waals surface area (Å²) < 4.78 is 11.0. The van der Waals surface area contributed by atoms with Crippen molar-refractivity contribution in [3.63, 3.8) is 0 Å². The van der Waals surface area contributed by atoms with Gasteiger partial charge in [-0.05, 0) is 32.1 Å². The Kier molecular flexibility index (Phi) is 15.0. The van der Waals surface area contributed by atoms with Gasteiger partial charge < -0.3 is 24.8 Å². The average molecular weight is 387 g/mol. The zero-order valence-corrected chi connectivity index (χ0v) is 17.2. The first-order valence-corrected chi connectivity index (χ1v) is 11.1. The molecular weight excluding hydrogens is 344 g/mol. The van der Waals surface area contributed by atoms with Crippen LogP contribution >= 0.6 is 0 Å². The van der Waals surface area contributed by atoms with E-state index < -0.39 is 24.4 Å². The molecule has 160 valence electrons. The van der Waals surface area contributed by atoms with Crippen LogP contribution in [0.15, 0.2) is 12.2 Å². The van der Waals surface area contributed by atoms with Crippen LogP contribution in [0, 0.1) is 0 Å². The second-order valence-corrected chi connectivity index (χ2v) is 7.68. The monoisotopic (exact) mass is 386 g/mol. The molecule has 0 radical (unpaired) electrons. The lowest BCUT2D eigenvalue weighted by Crippen LogP contribution is -2.42. The van der Waals surface area contributed by atoms with Crippen LogP contribution in [-0.4, -0.2) is 59.6 Å².